The van der Waals surface area contributed by atoms with Crippen LogP contribution in [0.2, 0.25) is 5.02 Å². The van der Waals surface area contributed by atoms with E-state index in [1.165, 1.54) is 11.3 Å². The Morgan fingerprint density at radius 1 is 1.28 bits per heavy atom. The summed E-state index contributed by atoms with van der Waals surface area (Å²) in [6.07, 6.45) is 2.36. The molecule has 0 atom stereocenters. The molecule has 0 aliphatic carbocycles. The largest absolute Gasteiger partial charge is 0.380 e. The van der Waals surface area contributed by atoms with Crippen LogP contribution in [0.1, 0.15) is 19.8 Å². The maximum atomic E-state index is 5.92. The predicted molar refractivity (Wildman–Crippen MR) is 80.8 cm³/mol. The van der Waals surface area contributed by atoms with Crippen molar-refractivity contribution in [3.05, 3.63) is 29.3 Å². The second-order valence-electron chi connectivity index (χ2n) is 4.02. The number of benzene rings is 1. The van der Waals surface area contributed by atoms with Gasteiger partial charge in [0.25, 0.3) is 0 Å². The van der Waals surface area contributed by atoms with Crippen molar-refractivity contribution in [2.24, 2.45) is 0 Å². The van der Waals surface area contributed by atoms with Crippen LogP contribution in [0.5, 0.6) is 0 Å². The highest BCUT2D eigenvalue weighted by Crippen LogP contribution is 2.20. The number of hydrogen-bond donors (Lipinski definition) is 1. The van der Waals surface area contributed by atoms with Crippen LogP contribution in [0.3, 0.4) is 0 Å². The number of hydrogen-bond acceptors (Lipinski definition) is 3. The number of rotatable bonds is 10. The van der Waals surface area contributed by atoms with Crippen LogP contribution in [-0.2, 0) is 4.74 Å². The van der Waals surface area contributed by atoms with Gasteiger partial charge in [0.2, 0.25) is 0 Å². The fraction of sp³-hybridized carbons (Fsp3) is 0.571. The van der Waals surface area contributed by atoms with Crippen LogP contribution >= 0.6 is 23.4 Å². The topological polar surface area (TPSA) is 21.3 Å². The van der Waals surface area contributed by atoms with Gasteiger partial charge in [0.15, 0.2) is 0 Å². The zero-order chi connectivity index (χ0) is 13.1. The Morgan fingerprint density at radius 2 is 2.17 bits per heavy atom. The molecule has 1 N–H and O–H groups in total. The Hall–Kier alpha value is -0.220. The van der Waals surface area contributed by atoms with Gasteiger partial charge >= 0.3 is 0 Å². The standard InChI is InChI=1S/C14H22ClNOS/c1-2-3-9-17-10-7-16-8-11-18-14-6-4-5-13(15)12-14/h4-6,12,16H,2-3,7-11H2,1H3. The molecule has 0 radical (unpaired) electrons. The molecule has 0 aliphatic heterocycles. The van der Waals surface area contributed by atoms with Gasteiger partial charge < -0.3 is 10.1 Å². The summed E-state index contributed by atoms with van der Waals surface area (Å²) in [5.74, 6) is 1.05. The number of halogens is 1. The second-order valence-corrected chi connectivity index (χ2v) is 5.63. The number of nitrogens with one attached hydrogen (secondary N) is 1. The third-order valence-corrected chi connectivity index (χ3v) is 3.64. The molecular formula is C14H22ClNOS. The minimum atomic E-state index is 0.803. The van der Waals surface area contributed by atoms with Crippen molar-refractivity contribution in [3.8, 4) is 0 Å². The third kappa shape index (κ3) is 7.98. The van der Waals surface area contributed by atoms with Crippen molar-refractivity contribution in [2.75, 3.05) is 32.1 Å². The maximum Gasteiger partial charge on any atom is 0.0590 e. The molecule has 18 heavy (non-hydrogen) atoms. The molecular weight excluding hydrogens is 266 g/mol. The Kier molecular flexibility index (Phi) is 9.40. The van der Waals surface area contributed by atoms with Gasteiger partial charge in [-0.1, -0.05) is 31.0 Å². The minimum Gasteiger partial charge on any atom is -0.380 e. The maximum absolute atomic E-state index is 5.92. The first-order valence-corrected chi connectivity index (χ1v) is 7.86. The summed E-state index contributed by atoms with van der Waals surface area (Å²) >= 11 is 7.74. The van der Waals surface area contributed by atoms with Crippen molar-refractivity contribution < 1.29 is 4.74 Å². The summed E-state index contributed by atoms with van der Waals surface area (Å²) in [6.45, 7) is 5.79. The molecule has 0 saturated carbocycles. The fourth-order valence-corrected chi connectivity index (χ4v) is 2.54. The van der Waals surface area contributed by atoms with Gasteiger partial charge in [0.1, 0.15) is 0 Å². The van der Waals surface area contributed by atoms with Crippen LogP contribution in [0.25, 0.3) is 0 Å². The lowest BCUT2D eigenvalue weighted by Crippen LogP contribution is -2.22. The molecule has 0 unspecified atom stereocenters. The first kappa shape index (κ1) is 15.8. The Morgan fingerprint density at radius 3 is 2.94 bits per heavy atom. The molecule has 0 fully saturated rings. The van der Waals surface area contributed by atoms with Crippen molar-refractivity contribution in [1.82, 2.24) is 5.32 Å². The Bertz CT molecular complexity index is 322. The van der Waals surface area contributed by atoms with Crippen molar-refractivity contribution >= 4 is 23.4 Å². The summed E-state index contributed by atoms with van der Waals surface area (Å²) in [5.41, 5.74) is 0. The van der Waals surface area contributed by atoms with E-state index in [2.05, 4.69) is 18.3 Å². The summed E-state index contributed by atoms with van der Waals surface area (Å²) in [4.78, 5) is 1.23. The van der Waals surface area contributed by atoms with Crippen molar-refractivity contribution in [3.63, 3.8) is 0 Å². The molecule has 4 heteroatoms. The van der Waals surface area contributed by atoms with Crippen LogP contribution in [0.4, 0.5) is 0 Å². The van der Waals surface area contributed by atoms with E-state index in [1.807, 2.05) is 30.0 Å². The average Bonchev–Trinajstić information content (AvgIpc) is 2.37. The van der Waals surface area contributed by atoms with E-state index in [1.54, 1.807) is 0 Å². The first-order valence-electron chi connectivity index (χ1n) is 6.49. The van der Waals surface area contributed by atoms with E-state index >= 15 is 0 Å². The van der Waals surface area contributed by atoms with Gasteiger partial charge in [0.05, 0.1) is 6.61 Å². The monoisotopic (exact) mass is 287 g/mol. The van der Waals surface area contributed by atoms with Gasteiger partial charge in [-0.3, -0.25) is 0 Å². The van der Waals surface area contributed by atoms with Gasteiger partial charge in [0, 0.05) is 35.4 Å². The Balaban J connectivity index is 1.92. The summed E-state index contributed by atoms with van der Waals surface area (Å²) in [7, 11) is 0. The molecule has 2 nitrogen and oxygen atoms in total. The molecule has 0 aromatic heterocycles. The minimum absolute atomic E-state index is 0.803. The van der Waals surface area contributed by atoms with Gasteiger partial charge in [-0.2, -0.15) is 0 Å². The van der Waals surface area contributed by atoms with Gasteiger partial charge in [-0.25, -0.2) is 0 Å². The fourth-order valence-electron chi connectivity index (χ4n) is 1.42. The molecule has 0 saturated heterocycles. The molecule has 0 amide bonds. The number of thioether (sulfide) groups is 1. The van der Waals surface area contributed by atoms with Crippen LogP contribution < -0.4 is 5.32 Å². The highest BCUT2D eigenvalue weighted by molar-refractivity contribution is 7.99. The zero-order valence-electron chi connectivity index (χ0n) is 11.0. The second kappa shape index (κ2) is 10.7. The summed E-state index contributed by atoms with van der Waals surface area (Å²) in [6, 6.07) is 7.97. The molecule has 1 aromatic carbocycles. The van der Waals surface area contributed by atoms with Crippen molar-refractivity contribution in [1.29, 1.82) is 0 Å². The lowest BCUT2D eigenvalue weighted by atomic mass is 10.4. The first-order chi connectivity index (χ1) is 8.83. The Labute approximate surface area is 119 Å². The quantitative estimate of drug-likeness (QED) is 0.522. The molecule has 1 rings (SSSR count). The van der Waals surface area contributed by atoms with E-state index in [4.69, 9.17) is 16.3 Å². The molecule has 0 heterocycles. The molecule has 0 bridgehead atoms. The van der Waals surface area contributed by atoms with E-state index in [0.717, 1.165) is 43.5 Å². The molecule has 0 aliphatic rings. The predicted octanol–water partition coefficient (Wildman–Crippen LogP) is 3.84. The van der Waals surface area contributed by atoms with Crippen LogP contribution in [-0.4, -0.2) is 32.1 Å². The molecule has 102 valence electrons. The summed E-state index contributed by atoms with van der Waals surface area (Å²) in [5, 5.41) is 4.17. The zero-order valence-corrected chi connectivity index (χ0v) is 12.5. The summed E-state index contributed by atoms with van der Waals surface area (Å²) < 4.78 is 5.47. The van der Waals surface area contributed by atoms with Crippen LogP contribution in [0.15, 0.2) is 29.2 Å². The van der Waals surface area contributed by atoms with Gasteiger partial charge in [-0.15, -0.1) is 11.8 Å². The lowest BCUT2D eigenvalue weighted by molar-refractivity contribution is 0.133. The molecule has 0 spiro atoms. The van der Waals surface area contributed by atoms with Crippen molar-refractivity contribution in [2.45, 2.75) is 24.7 Å². The smallest absolute Gasteiger partial charge is 0.0590 e. The number of ether oxygens (including phenoxy) is 1. The highest BCUT2D eigenvalue weighted by Gasteiger charge is 1.95. The lowest BCUT2D eigenvalue weighted by Gasteiger charge is -2.06. The number of unbranched alkanes of at least 4 members (excludes halogenated alkanes) is 1. The SMILES string of the molecule is CCCCOCCNCCSc1cccc(Cl)c1. The molecule has 1 aromatic rings. The van der Waals surface area contributed by atoms with E-state index in [-0.39, 0.29) is 0 Å². The van der Waals surface area contributed by atoms with Crippen LogP contribution in [0, 0.1) is 0 Å². The van der Waals surface area contributed by atoms with E-state index in [0.29, 0.717) is 0 Å². The van der Waals surface area contributed by atoms with Gasteiger partial charge in [-0.05, 0) is 24.6 Å². The average molecular weight is 288 g/mol. The highest BCUT2D eigenvalue weighted by atomic mass is 35.5. The van der Waals surface area contributed by atoms with E-state index in [9.17, 15) is 0 Å². The normalized spacial score (nSPS) is 10.8. The third-order valence-electron chi connectivity index (χ3n) is 2.41. The van der Waals surface area contributed by atoms with E-state index < -0.39 is 0 Å².